The standard InChI is InChI=1S/C19H20N6O2/c1-27-18(26)13-5-2-4-12(13)17-21-16-6-3-9-25(16)19(22-17)20-15-10-14(23-24-15)11-7-8-11/h3,6,9-11H,2,4-5,7-8H2,1H3,(H2,20,21,22,23,24). The quantitative estimate of drug-likeness (QED) is 0.675. The summed E-state index contributed by atoms with van der Waals surface area (Å²) in [7, 11) is 1.41. The third-order valence-corrected chi connectivity index (χ3v) is 5.16. The molecule has 138 valence electrons. The molecule has 3 aromatic rings. The van der Waals surface area contributed by atoms with Gasteiger partial charge in [-0.2, -0.15) is 10.1 Å². The number of H-pyrrole nitrogens is 1. The summed E-state index contributed by atoms with van der Waals surface area (Å²) in [5.41, 5.74) is 3.47. The molecule has 0 amide bonds. The zero-order valence-corrected chi connectivity index (χ0v) is 15.0. The Hall–Kier alpha value is -3.16. The van der Waals surface area contributed by atoms with Crippen LogP contribution in [0.5, 0.6) is 0 Å². The number of nitrogens with zero attached hydrogens (tertiary/aromatic N) is 4. The van der Waals surface area contributed by atoms with E-state index in [2.05, 4.69) is 20.5 Å². The lowest BCUT2D eigenvalue weighted by Crippen LogP contribution is -2.09. The van der Waals surface area contributed by atoms with Gasteiger partial charge in [0.05, 0.1) is 7.11 Å². The van der Waals surface area contributed by atoms with Crippen LogP contribution in [0, 0.1) is 0 Å². The number of ether oxygens (including phenoxy) is 1. The number of anilines is 2. The van der Waals surface area contributed by atoms with E-state index in [1.54, 1.807) is 0 Å². The number of carbonyl (C=O) groups excluding carboxylic acids is 1. The van der Waals surface area contributed by atoms with Crippen molar-refractivity contribution in [1.29, 1.82) is 0 Å². The average molecular weight is 364 g/mol. The van der Waals surface area contributed by atoms with E-state index in [0.29, 0.717) is 29.7 Å². The third kappa shape index (κ3) is 2.87. The van der Waals surface area contributed by atoms with E-state index in [1.807, 2.05) is 28.8 Å². The van der Waals surface area contributed by atoms with Crippen LogP contribution in [0.3, 0.4) is 0 Å². The molecule has 2 N–H and O–H groups in total. The smallest absolute Gasteiger partial charge is 0.334 e. The molecule has 0 spiro atoms. The van der Waals surface area contributed by atoms with Crippen LogP contribution in [0.1, 0.15) is 49.5 Å². The van der Waals surface area contributed by atoms with E-state index in [0.717, 1.165) is 35.6 Å². The van der Waals surface area contributed by atoms with E-state index in [1.165, 1.54) is 20.0 Å². The zero-order chi connectivity index (χ0) is 18.4. The first-order valence-corrected chi connectivity index (χ1v) is 9.21. The molecular weight excluding hydrogens is 344 g/mol. The number of methoxy groups -OCH3 is 1. The Labute approximate surface area is 155 Å². The van der Waals surface area contributed by atoms with Crippen molar-refractivity contribution in [3.63, 3.8) is 0 Å². The number of fused-ring (bicyclic) bond motifs is 1. The highest BCUT2D eigenvalue weighted by Gasteiger charge is 2.27. The van der Waals surface area contributed by atoms with E-state index in [4.69, 9.17) is 9.72 Å². The second-order valence-electron chi connectivity index (χ2n) is 7.02. The highest BCUT2D eigenvalue weighted by Crippen LogP contribution is 2.39. The number of allylic oxidation sites excluding steroid dienone is 1. The summed E-state index contributed by atoms with van der Waals surface area (Å²) in [4.78, 5) is 21.4. The molecule has 0 atom stereocenters. The maximum absolute atomic E-state index is 12.1. The maximum Gasteiger partial charge on any atom is 0.334 e. The zero-order valence-electron chi connectivity index (χ0n) is 15.0. The molecule has 3 aromatic heterocycles. The first kappa shape index (κ1) is 16.0. The number of aromatic nitrogens is 5. The van der Waals surface area contributed by atoms with E-state index in [-0.39, 0.29) is 5.97 Å². The fraction of sp³-hybridized carbons (Fsp3) is 0.368. The van der Waals surface area contributed by atoms with Gasteiger partial charge in [0.1, 0.15) is 5.65 Å². The Morgan fingerprint density at radius 2 is 2.22 bits per heavy atom. The van der Waals surface area contributed by atoms with Gasteiger partial charge in [-0.05, 0) is 44.2 Å². The van der Waals surface area contributed by atoms with Crippen molar-refractivity contribution in [2.45, 2.75) is 38.0 Å². The topological polar surface area (TPSA) is 97.2 Å². The van der Waals surface area contributed by atoms with Gasteiger partial charge in [0.25, 0.3) is 0 Å². The van der Waals surface area contributed by atoms with Crippen LogP contribution in [0.25, 0.3) is 11.2 Å². The van der Waals surface area contributed by atoms with Crippen LogP contribution in [-0.2, 0) is 9.53 Å². The van der Waals surface area contributed by atoms with Crippen molar-refractivity contribution in [2.75, 3.05) is 12.4 Å². The number of carbonyl (C=O) groups is 1. The van der Waals surface area contributed by atoms with Gasteiger partial charge >= 0.3 is 5.97 Å². The molecule has 0 bridgehead atoms. The third-order valence-electron chi connectivity index (χ3n) is 5.16. The normalized spacial score (nSPS) is 16.9. The number of aromatic amines is 1. The van der Waals surface area contributed by atoms with Crippen molar-refractivity contribution >= 4 is 29.0 Å². The molecule has 2 aliphatic carbocycles. The van der Waals surface area contributed by atoms with Crippen molar-refractivity contribution in [3.8, 4) is 0 Å². The summed E-state index contributed by atoms with van der Waals surface area (Å²) >= 11 is 0. The SMILES string of the molecule is COC(=O)C1=C(c2nc(Nc3cc(C4CC4)[nH]n3)n3cccc3n2)CCC1. The summed E-state index contributed by atoms with van der Waals surface area (Å²) in [6.45, 7) is 0. The number of esters is 1. The lowest BCUT2D eigenvalue weighted by molar-refractivity contribution is -0.136. The summed E-state index contributed by atoms with van der Waals surface area (Å²) < 4.78 is 6.81. The minimum Gasteiger partial charge on any atom is -0.466 e. The van der Waals surface area contributed by atoms with Gasteiger partial charge in [-0.15, -0.1) is 0 Å². The predicted molar refractivity (Wildman–Crippen MR) is 99.6 cm³/mol. The van der Waals surface area contributed by atoms with Gasteiger partial charge in [-0.1, -0.05) is 0 Å². The van der Waals surface area contributed by atoms with E-state index >= 15 is 0 Å². The van der Waals surface area contributed by atoms with E-state index in [9.17, 15) is 4.79 Å². The van der Waals surface area contributed by atoms with Crippen molar-refractivity contribution in [2.24, 2.45) is 0 Å². The number of hydrogen-bond donors (Lipinski definition) is 2. The molecule has 0 aliphatic heterocycles. The van der Waals surface area contributed by atoms with Crippen LogP contribution in [0.4, 0.5) is 11.8 Å². The second-order valence-corrected chi connectivity index (χ2v) is 7.02. The number of hydrogen-bond acceptors (Lipinski definition) is 6. The Kier molecular flexibility index (Phi) is 3.70. The lowest BCUT2D eigenvalue weighted by atomic mass is 10.1. The minimum atomic E-state index is -0.294. The molecule has 1 saturated carbocycles. The lowest BCUT2D eigenvalue weighted by Gasteiger charge is -2.10. The Morgan fingerprint density at radius 3 is 3.04 bits per heavy atom. The molecule has 1 fully saturated rings. The first-order valence-electron chi connectivity index (χ1n) is 9.21. The molecule has 27 heavy (non-hydrogen) atoms. The van der Waals surface area contributed by atoms with Gasteiger partial charge in [0.15, 0.2) is 11.6 Å². The molecule has 8 nitrogen and oxygen atoms in total. The van der Waals surface area contributed by atoms with Crippen molar-refractivity contribution < 1.29 is 9.53 Å². The summed E-state index contributed by atoms with van der Waals surface area (Å²) in [5, 5.41) is 10.7. The van der Waals surface area contributed by atoms with E-state index < -0.39 is 0 Å². The number of nitrogens with one attached hydrogen (secondary N) is 2. The number of rotatable bonds is 5. The molecule has 0 radical (unpaired) electrons. The van der Waals surface area contributed by atoms with Crippen LogP contribution >= 0.6 is 0 Å². The molecular formula is C19H20N6O2. The second kappa shape index (κ2) is 6.22. The van der Waals surface area contributed by atoms with Gasteiger partial charge in [-0.3, -0.25) is 9.50 Å². The largest absolute Gasteiger partial charge is 0.466 e. The van der Waals surface area contributed by atoms with Gasteiger partial charge in [-0.25, -0.2) is 9.78 Å². The van der Waals surface area contributed by atoms with Crippen molar-refractivity contribution in [1.82, 2.24) is 24.6 Å². The molecule has 3 heterocycles. The Morgan fingerprint density at radius 1 is 1.33 bits per heavy atom. The minimum absolute atomic E-state index is 0.294. The maximum atomic E-state index is 12.1. The summed E-state index contributed by atoms with van der Waals surface area (Å²) in [6, 6.07) is 5.87. The summed E-state index contributed by atoms with van der Waals surface area (Å²) in [6.07, 6.45) is 6.71. The van der Waals surface area contributed by atoms with Crippen LogP contribution in [0.15, 0.2) is 30.0 Å². The van der Waals surface area contributed by atoms with Crippen LogP contribution in [-0.4, -0.2) is 37.6 Å². The Bertz CT molecular complexity index is 1060. The average Bonchev–Trinajstić information content (AvgIpc) is 3.09. The van der Waals surface area contributed by atoms with Gasteiger partial charge in [0.2, 0.25) is 5.95 Å². The molecule has 0 unspecified atom stereocenters. The Balaban J connectivity index is 1.55. The predicted octanol–water partition coefficient (Wildman–Crippen LogP) is 3.18. The fourth-order valence-corrected chi connectivity index (χ4v) is 3.61. The molecule has 2 aliphatic rings. The summed E-state index contributed by atoms with van der Waals surface area (Å²) in [5.74, 6) is 2.23. The highest BCUT2D eigenvalue weighted by molar-refractivity contribution is 5.98. The molecule has 8 heteroatoms. The van der Waals surface area contributed by atoms with Crippen molar-refractivity contribution in [3.05, 3.63) is 41.5 Å². The monoisotopic (exact) mass is 364 g/mol. The highest BCUT2D eigenvalue weighted by atomic mass is 16.5. The van der Waals surface area contributed by atoms with Gasteiger partial charge in [0, 0.05) is 35.0 Å². The van der Waals surface area contributed by atoms with Crippen LogP contribution in [0.2, 0.25) is 0 Å². The van der Waals surface area contributed by atoms with Crippen LogP contribution < -0.4 is 5.32 Å². The molecule has 0 saturated heterocycles. The molecule has 0 aromatic carbocycles. The first-order chi connectivity index (χ1) is 13.2. The molecule has 5 rings (SSSR count). The van der Waals surface area contributed by atoms with Gasteiger partial charge < -0.3 is 10.1 Å². The fourth-order valence-electron chi connectivity index (χ4n) is 3.61.